The number of aromatic nitrogens is 1. The molecule has 0 atom stereocenters. The first-order chi connectivity index (χ1) is 12.0. The number of sulfonamides is 1. The van der Waals surface area contributed by atoms with Crippen molar-refractivity contribution in [2.24, 2.45) is 0 Å². The summed E-state index contributed by atoms with van der Waals surface area (Å²) >= 11 is 0. The number of anilines is 1. The predicted octanol–water partition coefficient (Wildman–Crippen LogP) is 3.13. The lowest BCUT2D eigenvalue weighted by atomic mass is 10.1. The molecule has 0 fully saturated rings. The summed E-state index contributed by atoms with van der Waals surface area (Å²) in [5.74, 6) is 0.516. The number of halogens is 1. The number of benzene rings is 2. The molecule has 0 N–H and O–H groups in total. The zero-order valence-corrected chi connectivity index (χ0v) is 14.3. The average Bonchev–Trinajstić information content (AvgIpc) is 3.03. The second kappa shape index (κ2) is 5.70. The van der Waals surface area contributed by atoms with Crippen LogP contribution in [0.15, 0.2) is 53.4 Å². The third kappa shape index (κ3) is 2.51. The molecule has 25 heavy (non-hydrogen) atoms. The predicted molar refractivity (Wildman–Crippen MR) is 92.9 cm³/mol. The minimum Gasteiger partial charge on any atom is -0.494 e. The van der Waals surface area contributed by atoms with E-state index in [0.29, 0.717) is 30.0 Å². The Bertz CT molecular complexity index is 1070. The van der Waals surface area contributed by atoms with Crippen LogP contribution in [0.5, 0.6) is 5.75 Å². The Balaban J connectivity index is 1.86. The van der Waals surface area contributed by atoms with Crippen LogP contribution in [0.3, 0.4) is 0 Å². The molecule has 0 amide bonds. The van der Waals surface area contributed by atoms with Crippen LogP contribution in [0.4, 0.5) is 10.2 Å². The molecule has 1 aliphatic heterocycles. The second-order valence-corrected chi connectivity index (χ2v) is 7.65. The van der Waals surface area contributed by atoms with E-state index in [2.05, 4.69) is 4.98 Å². The first-order valence-corrected chi connectivity index (χ1v) is 9.19. The van der Waals surface area contributed by atoms with E-state index in [-0.39, 0.29) is 4.90 Å². The molecule has 7 heteroatoms. The number of para-hydroxylation sites is 1. The highest BCUT2D eigenvalue weighted by atomic mass is 32.2. The van der Waals surface area contributed by atoms with Crippen LogP contribution in [0.2, 0.25) is 0 Å². The molecule has 0 unspecified atom stereocenters. The van der Waals surface area contributed by atoms with Crippen LogP contribution in [0.25, 0.3) is 10.9 Å². The van der Waals surface area contributed by atoms with E-state index in [4.69, 9.17) is 4.74 Å². The molecule has 128 valence electrons. The second-order valence-electron chi connectivity index (χ2n) is 5.78. The molecule has 5 nitrogen and oxygen atoms in total. The summed E-state index contributed by atoms with van der Waals surface area (Å²) in [6, 6.07) is 12.3. The van der Waals surface area contributed by atoms with Gasteiger partial charge in [-0.2, -0.15) is 0 Å². The first kappa shape index (κ1) is 15.8. The third-order valence-corrected chi connectivity index (χ3v) is 6.11. The molecule has 2 heterocycles. The Kier molecular flexibility index (Phi) is 3.61. The summed E-state index contributed by atoms with van der Waals surface area (Å²) in [6.45, 7) is 0.306. The summed E-state index contributed by atoms with van der Waals surface area (Å²) in [5.41, 5.74) is 1.48. The van der Waals surface area contributed by atoms with Crippen molar-refractivity contribution in [3.8, 4) is 5.75 Å². The largest absolute Gasteiger partial charge is 0.494 e. The van der Waals surface area contributed by atoms with Crippen LogP contribution in [0.1, 0.15) is 5.56 Å². The first-order valence-electron chi connectivity index (χ1n) is 7.75. The Morgan fingerprint density at radius 3 is 2.64 bits per heavy atom. The maximum atomic E-state index is 13.1. The van der Waals surface area contributed by atoms with Gasteiger partial charge in [-0.15, -0.1) is 0 Å². The fourth-order valence-electron chi connectivity index (χ4n) is 3.07. The Morgan fingerprint density at radius 2 is 1.92 bits per heavy atom. The van der Waals surface area contributed by atoms with E-state index < -0.39 is 15.8 Å². The topological polar surface area (TPSA) is 59.5 Å². The van der Waals surface area contributed by atoms with Gasteiger partial charge in [-0.25, -0.2) is 22.1 Å². The van der Waals surface area contributed by atoms with Gasteiger partial charge in [0.1, 0.15) is 22.9 Å². The van der Waals surface area contributed by atoms with E-state index >= 15 is 0 Å². The van der Waals surface area contributed by atoms with Crippen molar-refractivity contribution in [2.75, 3.05) is 18.0 Å². The molecule has 0 bridgehead atoms. The maximum absolute atomic E-state index is 13.1. The molecular formula is C18H15FN2O3S. The highest BCUT2D eigenvalue weighted by Gasteiger charge is 2.32. The van der Waals surface area contributed by atoms with E-state index in [1.54, 1.807) is 13.2 Å². The molecular weight excluding hydrogens is 343 g/mol. The number of hydrogen-bond acceptors (Lipinski definition) is 4. The van der Waals surface area contributed by atoms with Gasteiger partial charge in [0.25, 0.3) is 10.0 Å². The summed E-state index contributed by atoms with van der Waals surface area (Å²) in [7, 11) is -2.24. The summed E-state index contributed by atoms with van der Waals surface area (Å²) in [5, 5.41) is 0.902. The molecule has 0 aliphatic carbocycles. The lowest BCUT2D eigenvalue weighted by Gasteiger charge is -2.19. The lowest BCUT2D eigenvalue weighted by molar-refractivity contribution is 0.419. The Hall–Kier alpha value is -2.67. The van der Waals surface area contributed by atoms with Crippen molar-refractivity contribution in [3.63, 3.8) is 0 Å². The van der Waals surface area contributed by atoms with Gasteiger partial charge in [-0.1, -0.05) is 12.1 Å². The number of nitrogens with zero attached hydrogens (tertiary/aromatic N) is 2. The van der Waals surface area contributed by atoms with Crippen LogP contribution < -0.4 is 9.04 Å². The minimum absolute atomic E-state index is 0.0451. The Morgan fingerprint density at radius 1 is 1.16 bits per heavy atom. The maximum Gasteiger partial charge on any atom is 0.265 e. The number of methoxy groups -OCH3 is 1. The van der Waals surface area contributed by atoms with Gasteiger partial charge in [-0.05, 0) is 48.4 Å². The van der Waals surface area contributed by atoms with Crippen molar-refractivity contribution in [1.82, 2.24) is 4.98 Å². The number of pyridine rings is 1. The van der Waals surface area contributed by atoms with E-state index in [1.807, 2.05) is 18.2 Å². The SMILES string of the molecule is COc1cccc2cc3c(nc12)N(S(=O)(=O)c1ccc(F)cc1)CC3. The molecule has 0 radical (unpaired) electrons. The number of rotatable bonds is 3. The van der Waals surface area contributed by atoms with Gasteiger partial charge in [0, 0.05) is 11.9 Å². The highest BCUT2D eigenvalue weighted by molar-refractivity contribution is 7.92. The van der Waals surface area contributed by atoms with Gasteiger partial charge in [0.2, 0.25) is 0 Å². The van der Waals surface area contributed by atoms with Crippen molar-refractivity contribution in [2.45, 2.75) is 11.3 Å². The van der Waals surface area contributed by atoms with Gasteiger partial charge in [0.05, 0.1) is 12.0 Å². The monoisotopic (exact) mass is 358 g/mol. The normalized spacial score (nSPS) is 13.9. The fraction of sp³-hybridized carbons (Fsp3) is 0.167. The van der Waals surface area contributed by atoms with E-state index in [9.17, 15) is 12.8 Å². The van der Waals surface area contributed by atoms with Gasteiger partial charge >= 0.3 is 0 Å². The average molecular weight is 358 g/mol. The van der Waals surface area contributed by atoms with Crippen molar-refractivity contribution >= 4 is 26.7 Å². The molecule has 0 saturated carbocycles. The molecule has 0 spiro atoms. The van der Waals surface area contributed by atoms with Crippen LogP contribution in [0, 0.1) is 5.82 Å². The van der Waals surface area contributed by atoms with Gasteiger partial charge in [0.15, 0.2) is 0 Å². The third-order valence-electron chi connectivity index (χ3n) is 4.31. The van der Waals surface area contributed by atoms with Crippen molar-refractivity contribution in [1.29, 1.82) is 0 Å². The van der Waals surface area contributed by atoms with E-state index in [1.165, 1.54) is 16.4 Å². The molecule has 3 aromatic rings. The molecule has 1 aliphatic rings. The molecule has 2 aromatic carbocycles. The fourth-order valence-corrected chi connectivity index (χ4v) is 4.52. The van der Waals surface area contributed by atoms with Crippen molar-refractivity contribution in [3.05, 3.63) is 59.9 Å². The molecule has 0 saturated heterocycles. The summed E-state index contributed by atoms with van der Waals surface area (Å²) in [6.07, 6.45) is 0.579. The van der Waals surface area contributed by atoms with Gasteiger partial charge in [-0.3, -0.25) is 0 Å². The highest BCUT2D eigenvalue weighted by Crippen LogP contribution is 2.35. The molecule has 1 aromatic heterocycles. The number of ether oxygens (including phenoxy) is 1. The smallest absolute Gasteiger partial charge is 0.265 e. The molecule has 4 rings (SSSR count). The zero-order chi connectivity index (χ0) is 17.6. The minimum atomic E-state index is -3.79. The summed E-state index contributed by atoms with van der Waals surface area (Å²) < 4.78 is 45.6. The Labute approximate surface area is 144 Å². The number of fused-ring (bicyclic) bond motifs is 2. The van der Waals surface area contributed by atoms with Gasteiger partial charge < -0.3 is 4.74 Å². The number of hydrogen-bond donors (Lipinski definition) is 0. The van der Waals surface area contributed by atoms with Crippen LogP contribution in [-0.2, 0) is 16.4 Å². The van der Waals surface area contributed by atoms with E-state index in [0.717, 1.165) is 23.1 Å². The van der Waals surface area contributed by atoms with Crippen molar-refractivity contribution < 1.29 is 17.5 Å². The standard InChI is InChI=1S/C18H15FN2O3S/c1-24-16-4-2-3-12-11-13-9-10-21(18(13)20-17(12)16)25(22,23)15-7-5-14(19)6-8-15/h2-8,11H,9-10H2,1H3. The summed E-state index contributed by atoms with van der Waals surface area (Å²) in [4.78, 5) is 4.61. The van der Waals surface area contributed by atoms with Crippen LogP contribution >= 0.6 is 0 Å². The zero-order valence-electron chi connectivity index (χ0n) is 13.4. The quantitative estimate of drug-likeness (QED) is 0.722. The lowest BCUT2D eigenvalue weighted by Crippen LogP contribution is -2.29. The van der Waals surface area contributed by atoms with Crippen LogP contribution in [-0.4, -0.2) is 27.1 Å².